The number of benzene rings is 1. The van der Waals surface area contributed by atoms with E-state index in [9.17, 15) is 9.59 Å². The summed E-state index contributed by atoms with van der Waals surface area (Å²) in [6.45, 7) is 2.43. The van der Waals surface area contributed by atoms with Crippen LogP contribution in [-0.4, -0.2) is 49.3 Å². The largest absolute Gasteiger partial charge is 0.478 e. The van der Waals surface area contributed by atoms with E-state index in [0.29, 0.717) is 12.2 Å². The Balaban J connectivity index is 0.000000333. The maximum absolute atomic E-state index is 9.55. The summed E-state index contributed by atoms with van der Waals surface area (Å²) >= 11 is 0. The Morgan fingerprint density at radius 1 is 1.08 bits per heavy atom. The Hall–Kier alpha value is -2.34. The zero-order valence-corrected chi connectivity index (χ0v) is 14.9. The topological polar surface area (TPSA) is 89.9 Å². The lowest BCUT2D eigenvalue weighted by atomic mass is 9.91. The summed E-state index contributed by atoms with van der Waals surface area (Å²) in [5.74, 6) is -1.58. The molecule has 0 aromatic heterocycles. The van der Waals surface area contributed by atoms with Crippen LogP contribution >= 0.6 is 0 Å². The van der Waals surface area contributed by atoms with Crippen LogP contribution < -0.4 is 10.2 Å². The van der Waals surface area contributed by atoms with Gasteiger partial charge in [-0.2, -0.15) is 0 Å². The lowest BCUT2D eigenvalue weighted by Crippen LogP contribution is -2.27. The summed E-state index contributed by atoms with van der Waals surface area (Å²) in [5.41, 5.74) is 2.77. The number of aryl methyl sites for hydroxylation is 1. The first-order valence-electron chi connectivity index (χ1n) is 8.49. The molecule has 1 saturated heterocycles. The van der Waals surface area contributed by atoms with Crippen LogP contribution in [0.15, 0.2) is 36.4 Å². The van der Waals surface area contributed by atoms with Crippen molar-refractivity contribution in [1.29, 1.82) is 0 Å². The second kappa shape index (κ2) is 11.3. The summed E-state index contributed by atoms with van der Waals surface area (Å²) in [7, 11) is 4.17. The van der Waals surface area contributed by atoms with E-state index < -0.39 is 11.9 Å². The smallest absolute Gasteiger partial charge is 0.328 e. The van der Waals surface area contributed by atoms with Crippen molar-refractivity contribution in [1.82, 2.24) is 5.32 Å². The van der Waals surface area contributed by atoms with E-state index in [-0.39, 0.29) is 0 Å². The summed E-state index contributed by atoms with van der Waals surface area (Å²) in [6.07, 6.45) is 6.41. The lowest BCUT2D eigenvalue weighted by molar-refractivity contribution is -0.134. The average Bonchev–Trinajstić information content (AvgIpc) is 2.60. The average molecular weight is 348 g/mol. The second-order valence-electron chi connectivity index (χ2n) is 6.30. The van der Waals surface area contributed by atoms with E-state index in [1.165, 1.54) is 50.0 Å². The first kappa shape index (κ1) is 20.7. The van der Waals surface area contributed by atoms with Crippen LogP contribution in [0.3, 0.4) is 0 Å². The van der Waals surface area contributed by atoms with E-state index in [2.05, 4.69) is 48.6 Å². The predicted molar refractivity (Wildman–Crippen MR) is 99.1 cm³/mol. The van der Waals surface area contributed by atoms with E-state index in [4.69, 9.17) is 10.2 Å². The molecule has 0 bridgehead atoms. The first-order chi connectivity index (χ1) is 11.9. The number of nitrogens with one attached hydrogen (secondary N) is 1. The highest BCUT2D eigenvalue weighted by Crippen LogP contribution is 2.20. The Morgan fingerprint density at radius 2 is 1.60 bits per heavy atom. The van der Waals surface area contributed by atoms with Crippen molar-refractivity contribution in [3.05, 3.63) is 42.0 Å². The molecular formula is C19H28N2O4. The molecule has 1 fully saturated rings. The van der Waals surface area contributed by atoms with Gasteiger partial charge >= 0.3 is 11.9 Å². The van der Waals surface area contributed by atoms with E-state index in [1.807, 2.05) is 0 Å². The normalized spacial score (nSPS) is 14.6. The van der Waals surface area contributed by atoms with Gasteiger partial charge in [-0.1, -0.05) is 12.1 Å². The molecule has 6 heteroatoms. The van der Waals surface area contributed by atoms with Gasteiger partial charge in [0.2, 0.25) is 0 Å². The van der Waals surface area contributed by atoms with E-state index in [1.54, 1.807) is 0 Å². The van der Waals surface area contributed by atoms with Crippen molar-refractivity contribution in [2.24, 2.45) is 5.92 Å². The molecule has 0 amide bonds. The Labute approximate surface area is 149 Å². The van der Waals surface area contributed by atoms with Crippen LogP contribution in [-0.2, 0) is 16.0 Å². The Morgan fingerprint density at radius 3 is 2.04 bits per heavy atom. The van der Waals surface area contributed by atoms with Crippen LogP contribution in [0.5, 0.6) is 0 Å². The van der Waals surface area contributed by atoms with Crippen molar-refractivity contribution >= 4 is 17.6 Å². The molecule has 0 saturated carbocycles. The number of carboxylic acids is 2. The quantitative estimate of drug-likeness (QED) is 0.684. The number of hydrogen-bond donors (Lipinski definition) is 3. The summed E-state index contributed by atoms with van der Waals surface area (Å²) in [5, 5.41) is 19.1. The molecule has 0 unspecified atom stereocenters. The summed E-state index contributed by atoms with van der Waals surface area (Å²) in [6, 6.07) is 8.99. The van der Waals surface area contributed by atoms with Crippen molar-refractivity contribution in [2.75, 3.05) is 32.1 Å². The van der Waals surface area contributed by atoms with Gasteiger partial charge in [-0.05, 0) is 62.4 Å². The summed E-state index contributed by atoms with van der Waals surface area (Å²) < 4.78 is 0. The Kier molecular flexibility index (Phi) is 9.32. The van der Waals surface area contributed by atoms with E-state index in [0.717, 1.165) is 5.92 Å². The second-order valence-corrected chi connectivity index (χ2v) is 6.30. The third kappa shape index (κ3) is 9.52. The molecule has 1 aromatic rings. The van der Waals surface area contributed by atoms with Crippen molar-refractivity contribution in [2.45, 2.75) is 25.7 Å². The first-order valence-corrected chi connectivity index (χ1v) is 8.49. The standard InChI is InChI=1S/C15H24N2.C4H4O4/c1-17(2)15-7-5-13(6-8-15)3-4-14-9-11-16-12-10-14;5-3(6)1-2-4(7)8/h5-8,14,16H,3-4,9-12H2,1-2H3;1-2H,(H,5,6)(H,7,8). The minimum absolute atomic E-state index is 0.558. The minimum Gasteiger partial charge on any atom is -0.478 e. The molecule has 2 rings (SSSR count). The van der Waals surface area contributed by atoms with Crippen LogP contribution in [0, 0.1) is 5.92 Å². The van der Waals surface area contributed by atoms with Gasteiger partial charge in [0.1, 0.15) is 0 Å². The van der Waals surface area contributed by atoms with Gasteiger partial charge in [0.15, 0.2) is 0 Å². The molecule has 0 aliphatic carbocycles. The molecule has 0 radical (unpaired) electrons. The highest BCUT2D eigenvalue weighted by Gasteiger charge is 2.12. The SMILES string of the molecule is CN(C)c1ccc(CCC2CCNCC2)cc1.O=C(O)C=CC(=O)O. The maximum atomic E-state index is 9.55. The summed E-state index contributed by atoms with van der Waals surface area (Å²) in [4.78, 5) is 21.3. The number of rotatable bonds is 6. The molecule has 1 heterocycles. The highest BCUT2D eigenvalue weighted by atomic mass is 16.4. The monoisotopic (exact) mass is 348 g/mol. The number of piperidine rings is 1. The zero-order chi connectivity index (χ0) is 18.7. The van der Waals surface area contributed by atoms with Gasteiger partial charge in [0, 0.05) is 31.9 Å². The fourth-order valence-corrected chi connectivity index (χ4v) is 2.64. The number of nitrogens with zero attached hydrogens (tertiary/aromatic N) is 1. The van der Waals surface area contributed by atoms with Crippen molar-refractivity contribution in [3.63, 3.8) is 0 Å². The number of anilines is 1. The lowest BCUT2D eigenvalue weighted by Gasteiger charge is -2.22. The van der Waals surface area contributed by atoms with Crippen LogP contribution in [0.2, 0.25) is 0 Å². The third-order valence-corrected chi connectivity index (χ3v) is 4.12. The number of carbonyl (C=O) groups is 2. The molecule has 1 aliphatic heterocycles. The molecular weight excluding hydrogens is 320 g/mol. The molecule has 0 spiro atoms. The third-order valence-electron chi connectivity index (χ3n) is 4.12. The van der Waals surface area contributed by atoms with Gasteiger partial charge in [0.05, 0.1) is 0 Å². The van der Waals surface area contributed by atoms with Gasteiger partial charge in [-0.25, -0.2) is 9.59 Å². The van der Waals surface area contributed by atoms with Crippen molar-refractivity contribution in [3.8, 4) is 0 Å². The van der Waals surface area contributed by atoms with E-state index >= 15 is 0 Å². The number of carboxylic acid groups (broad SMARTS) is 2. The molecule has 0 atom stereocenters. The van der Waals surface area contributed by atoms with Crippen LogP contribution in [0.25, 0.3) is 0 Å². The van der Waals surface area contributed by atoms with Crippen molar-refractivity contribution < 1.29 is 19.8 Å². The van der Waals surface area contributed by atoms with Gasteiger partial charge in [0.25, 0.3) is 0 Å². The van der Waals surface area contributed by atoms with Gasteiger partial charge < -0.3 is 20.4 Å². The zero-order valence-electron chi connectivity index (χ0n) is 14.9. The molecule has 138 valence electrons. The minimum atomic E-state index is -1.26. The fraction of sp³-hybridized carbons (Fsp3) is 0.474. The maximum Gasteiger partial charge on any atom is 0.328 e. The van der Waals surface area contributed by atoms with Gasteiger partial charge in [-0.15, -0.1) is 0 Å². The van der Waals surface area contributed by atoms with Crippen LogP contribution in [0.1, 0.15) is 24.8 Å². The Bertz CT molecular complexity index is 545. The molecule has 25 heavy (non-hydrogen) atoms. The molecule has 1 aromatic carbocycles. The number of aliphatic carboxylic acids is 2. The molecule has 1 aliphatic rings. The molecule has 6 nitrogen and oxygen atoms in total. The number of hydrogen-bond acceptors (Lipinski definition) is 4. The van der Waals surface area contributed by atoms with Crippen LogP contribution in [0.4, 0.5) is 5.69 Å². The highest BCUT2D eigenvalue weighted by molar-refractivity contribution is 5.89. The van der Waals surface area contributed by atoms with Gasteiger partial charge in [-0.3, -0.25) is 0 Å². The fourth-order valence-electron chi connectivity index (χ4n) is 2.64. The predicted octanol–water partition coefficient (Wildman–Crippen LogP) is 2.40. The molecule has 3 N–H and O–H groups in total.